The van der Waals surface area contributed by atoms with E-state index in [0.717, 1.165) is 12.8 Å². The summed E-state index contributed by atoms with van der Waals surface area (Å²) in [5.74, 6) is -4.30. The lowest BCUT2D eigenvalue weighted by Gasteiger charge is -2.07. The first-order chi connectivity index (χ1) is 8.15. The minimum Gasteiger partial charge on any atom is -0.473 e. The van der Waals surface area contributed by atoms with E-state index in [1.54, 1.807) is 0 Å². The molecule has 0 aliphatic rings. The van der Waals surface area contributed by atoms with Gasteiger partial charge in [0.25, 0.3) is 11.8 Å². The van der Waals surface area contributed by atoms with Crippen molar-refractivity contribution in [2.24, 2.45) is 0 Å². The lowest BCUT2D eigenvalue weighted by atomic mass is 10.4. The van der Waals surface area contributed by atoms with Crippen LogP contribution in [0.25, 0.3) is 0 Å². The largest absolute Gasteiger partial charge is 0.473 e. The van der Waals surface area contributed by atoms with Crippen molar-refractivity contribution in [2.75, 3.05) is 19.8 Å². The number of unbranched alkanes of at least 4 members (excludes halogenated alkanes) is 1. The summed E-state index contributed by atoms with van der Waals surface area (Å²) in [6.45, 7) is 2.91. The Hall–Kier alpha value is -1.30. The van der Waals surface area contributed by atoms with Crippen molar-refractivity contribution >= 4 is 0 Å². The van der Waals surface area contributed by atoms with Crippen LogP contribution in [-0.2, 0) is 4.74 Å². The molecule has 0 saturated carbocycles. The molecule has 0 fully saturated rings. The average Bonchev–Trinajstić information content (AvgIpc) is 2.30. The van der Waals surface area contributed by atoms with Crippen LogP contribution in [0.5, 0.6) is 5.88 Å². The molecule has 1 rings (SSSR count). The molecule has 1 aromatic rings. The summed E-state index contributed by atoms with van der Waals surface area (Å²) >= 11 is 0. The zero-order valence-electron chi connectivity index (χ0n) is 9.51. The number of hydrogen-bond donors (Lipinski definition) is 0. The van der Waals surface area contributed by atoms with Crippen LogP contribution in [0.15, 0.2) is 6.07 Å². The lowest BCUT2D eigenvalue weighted by Crippen LogP contribution is -2.10. The van der Waals surface area contributed by atoms with Gasteiger partial charge in [0.15, 0.2) is 11.6 Å². The van der Waals surface area contributed by atoms with Crippen molar-refractivity contribution < 1.29 is 22.6 Å². The molecule has 0 bridgehead atoms. The molecule has 0 radical (unpaired) electrons. The smallest absolute Gasteiger partial charge is 0.253 e. The first kappa shape index (κ1) is 13.8. The van der Waals surface area contributed by atoms with E-state index in [1.807, 2.05) is 6.92 Å². The molecule has 0 saturated heterocycles. The van der Waals surface area contributed by atoms with Crippen molar-refractivity contribution in [3.63, 3.8) is 0 Å². The molecule has 6 heteroatoms. The van der Waals surface area contributed by atoms with Crippen molar-refractivity contribution in [1.82, 2.24) is 4.98 Å². The molecule has 17 heavy (non-hydrogen) atoms. The average molecular weight is 249 g/mol. The Bertz CT molecular complexity index is 361. The number of rotatable bonds is 7. The van der Waals surface area contributed by atoms with Gasteiger partial charge < -0.3 is 9.47 Å². The molecule has 1 aromatic heterocycles. The maximum atomic E-state index is 13.0. The van der Waals surface area contributed by atoms with Gasteiger partial charge in [-0.05, 0) is 6.42 Å². The van der Waals surface area contributed by atoms with Crippen LogP contribution < -0.4 is 4.74 Å². The van der Waals surface area contributed by atoms with Gasteiger partial charge in [0.2, 0.25) is 0 Å². The summed E-state index contributed by atoms with van der Waals surface area (Å²) in [4.78, 5) is 3.01. The summed E-state index contributed by atoms with van der Waals surface area (Å²) in [7, 11) is 0. The van der Waals surface area contributed by atoms with E-state index in [2.05, 4.69) is 4.98 Å². The maximum absolute atomic E-state index is 13.0. The molecule has 0 aliphatic heterocycles. The molecule has 0 amide bonds. The van der Waals surface area contributed by atoms with Gasteiger partial charge >= 0.3 is 0 Å². The second-order valence-corrected chi connectivity index (χ2v) is 3.36. The number of ether oxygens (including phenoxy) is 2. The van der Waals surface area contributed by atoms with Crippen LogP contribution >= 0.6 is 0 Å². The van der Waals surface area contributed by atoms with Crippen LogP contribution in [0.1, 0.15) is 19.8 Å². The first-order valence-electron chi connectivity index (χ1n) is 5.37. The molecule has 0 atom stereocenters. The molecular weight excluding hydrogens is 235 g/mol. The Kier molecular flexibility index (Phi) is 5.76. The summed E-state index contributed by atoms with van der Waals surface area (Å²) in [5.41, 5.74) is 0. The molecule has 0 aliphatic carbocycles. The minimum absolute atomic E-state index is 0.0404. The highest BCUT2D eigenvalue weighted by atomic mass is 19.2. The third-order valence-electron chi connectivity index (χ3n) is 1.96. The van der Waals surface area contributed by atoms with Crippen molar-refractivity contribution in [3.05, 3.63) is 23.6 Å². The molecule has 3 nitrogen and oxygen atoms in total. The topological polar surface area (TPSA) is 31.4 Å². The number of aromatic nitrogens is 1. The predicted molar refractivity (Wildman–Crippen MR) is 55.3 cm³/mol. The van der Waals surface area contributed by atoms with Crippen molar-refractivity contribution in [2.45, 2.75) is 19.8 Å². The molecule has 0 unspecified atom stereocenters. The molecule has 96 valence electrons. The van der Waals surface area contributed by atoms with E-state index in [0.29, 0.717) is 12.7 Å². The van der Waals surface area contributed by atoms with Gasteiger partial charge in [-0.2, -0.15) is 9.37 Å². The zero-order chi connectivity index (χ0) is 12.7. The summed E-state index contributed by atoms with van der Waals surface area (Å²) in [5, 5.41) is 0. The fourth-order valence-electron chi connectivity index (χ4n) is 1.08. The van der Waals surface area contributed by atoms with Gasteiger partial charge in [-0.1, -0.05) is 13.3 Å². The fourth-order valence-corrected chi connectivity index (χ4v) is 1.08. The molecule has 1 heterocycles. The van der Waals surface area contributed by atoms with Crippen LogP contribution in [0, 0.1) is 17.6 Å². The second-order valence-electron chi connectivity index (χ2n) is 3.36. The predicted octanol–water partition coefficient (Wildman–Crippen LogP) is 2.69. The monoisotopic (exact) mass is 249 g/mol. The van der Waals surface area contributed by atoms with Crippen LogP contribution in [-0.4, -0.2) is 24.8 Å². The Morgan fingerprint density at radius 1 is 1.12 bits per heavy atom. The SMILES string of the molecule is CCCCOCCOc1nc(F)c(F)cc1F. The van der Waals surface area contributed by atoms with E-state index in [1.165, 1.54) is 0 Å². The van der Waals surface area contributed by atoms with E-state index in [4.69, 9.17) is 9.47 Å². The first-order valence-corrected chi connectivity index (χ1v) is 5.37. The van der Waals surface area contributed by atoms with Gasteiger partial charge in [-0.3, -0.25) is 0 Å². The fraction of sp³-hybridized carbons (Fsp3) is 0.545. The summed E-state index contributed by atoms with van der Waals surface area (Å²) in [6.07, 6.45) is 1.94. The highest BCUT2D eigenvalue weighted by molar-refractivity contribution is 5.14. The van der Waals surface area contributed by atoms with Crippen LogP contribution in [0.4, 0.5) is 13.2 Å². The highest BCUT2D eigenvalue weighted by Gasteiger charge is 2.12. The van der Waals surface area contributed by atoms with Gasteiger partial charge in [0.05, 0.1) is 6.61 Å². The van der Waals surface area contributed by atoms with E-state index >= 15 is 0 Å². The van der Waals surface area contributed by atoms with Gasteiger partial charge in [0.1, 0.15) is 6.61 Å². The van der Waals surface area contributed by atoms with E-state index in [9.17, 15) is 13.2 Å². The van der Waals surface area contributed by atoms with Gasteiger partial charge in [-0.25, -0.2) is 8.78 Å². The Balaban J connectivity index is 2.34. The zero-order valence-corrected chi connectivity index (χ0v) is 9.51. The number of pyridine rings is 1. The highest BCUT2D eigenvalue weighted by Crippen LogP contribution is 2.16. The minimum atomic E-state index is -1.38. The van der Waals surface area contributed by atoms with Crippen LogP contribution in [0.3, 0.4) is 0 Å². The Labute approximate surface area is 97.6 Å². The second kappa shape index (κ2) is 7.11. The van der Waals surface area contributed by atoms with Crippen molar-refractivity contribution in [1.29, 1.82) is 0 Å². The molecule has 0 spiro atoms. The van der Waals surface area contributed by atoms with Gasteiger partial charge in [-0.15, -0.1) is 0 Å². The summed E-state index contributed by atoms with van der Waals surface area (Å²) in [6, 6.07) is 0.398. The molecular formula is C11H14F3NO2. The van der Waals surface area contributed by atoms with Crippen molar-refractivity contribution in [3.8, 4) is 5.88 Å². The number of nitrogens with zero attached hydrogens (tertiary/aromatic N) is 1. The van der Waals surface area contributed by atoms with E-state index in [-0.39, 0.29) is 13.2 Å². The lowest BCUT2D eigenvalue weighted by molar-refractivity contribution is 0.0944. The third-order valence-corrected chi connectivity index (χ3v) is 1.96. The van der Waals surface area contributed by atoms with E-state index < -0.39 is 23.5 Å². The van der Waals surface area contributed by atoms with Crippen LogP contribution in [0.2, 0.25) is 0 Å². The Morgan fingerprint density at radius 2 is 1.88 bits per heavy atom. The normalized spacial score (nSPS) is 10.6. The number of halogens is 3. The third kappa shape index (κ3) is 4.60. The maximum Gasteiger partial charge on any atom is 0.253 e. The molecule has 0 aromatic carbocycles. The number of hydrogen-bond acceptors (Lipinski definition) is 3. The van der Waals surface area contributed by atoms with Gasteiger partial charge in [0, 0.05) is 12.7 Å². The summed E-state index contributed by atoms with van der Waals surface area (Å²) < 4.78 is 48.2. The Morgan fingerprint density at radius 3 is 2.59 bits per heavy atom. The molecule has 0 N–H and O–H groups in total. The standard InChI is InChI=1S/C11H14F3NO2/c1-2-3-4-16-5-6-17-11-9(13)7-8(12)10(14)15-11/h7H,2-6H2,1H3. The quantitative estimate of drug-likeness (QED) is 0.550.